The molecule has 2 aromatic rings. The average Bonchev–Trinajstić information content (AvgIpc) is 3.34. The van der Waals surface area contributed by atoms with Gasteiger partial charge < -0.3 is 39.1 Å². The summed E-state index contributed by atoms with van der Waals surface area (Å²) in [6.07, 6.45) is 1.65. The van der Waals surface area contributed by atoms with Crippen molar-refractivity contribution in [2.45, 2.75) is 45.1 Å². The van der Waals surface area contributed by atoms with E-state index in [4.69, 9.17) is 28.4 Å². The van der Waals surface area contributed by atoms with Gasteiger partial charge in [-0.05, 0) is 35.1 Å². The van der Waals surface area contributed by atoms with Gasteiger partial charge in [0.15, 0.2) is 0 Å². The van der Waals surface area contributed by atoms with Crippen LogP contribution in [0.2, 0.25) is 0 Å². The summed E-state index contributed by atoms with van der Waals surface area (Å²) >= 11 is 0. The van der Waals surface area contributed by atoms with Crippen LogP contribution in [0.1, 0.15) is 50.2 Å². The number of carbonyl (C=O) groups is 2. The number of nitrogens with one attached hydrogen (secondary N) is 2. The lowest BCUT2D eigenvalue weighted by atomic mass is 9.98. The summed E-state index contributed by atoms with van der Waals surface area (Å²) < 4.78 is 32.8. The molecule has 0 fully saturated rings. The quantitative estimate of drug-likeness (QED) is 0.182. The first-order valence-electron chi connectivity index (χ1n) is 15.4. The molecule has 0 radical (unpaired) electrons. The Hall–Kier alpha value is -3.02. The van der Waals surface area contributed by atoms with Crippen molar-refractivity contribution in [2.75, 3.05) is 79.2 Å². The minimum absolute atomic E-state index is 0.0364. The lowest BCUT2D eigenvalue weighted by molar-refractivity contribution is -0.123. The Morgan fingerprint density at radius 3 is 1.67 bits per heavy atom. The maximum Gasteiger partial charge on any atom is 0.407 e. The van der Waals surface area contributed by atoms with E-state index < -0.39 is 12.1 Å². The van der Waals surface area contributed by atoms with E-state index in [-0.39, 0.29) is 18.4 Å². The number of hydrogen-bond donors (Lipinski definition) is 2. The monoisotopic (exact) mass is 600 g/mol. The van der Waals surface area contributed by atoms with Gasteiger partial charge in [-0.3, -0.25) is 4.79 Å². The molecule has 0 aliphatic heterocycles. The Morgan fingerprint density at radius 1 is 0.674 bits per heavy atom. The van der Waals surface area contributed by atoms with E-state index in [0.717, 1.165) is 30.6 Å². The molecule has 1 aliphatic rings. The molecular formula is C33H48N2O8. The highest BCUT2D eigenvalue weighted by atomic mass is 16.6. The van der Waals surface area contributed by atoms with Crippen molar-refractivity contribution in [1.82, 2.24) is 10.6 Å². The van der Waals surface area contributed by atoms with Crippen molar-refractivity contribution in [1.29, 1.82) is 0 Å². The maximum absolute atomic E-state index is 12.7. The molecule has 43 heavy (non-hydrogen) atoms. The second-order valence-electron chi connectivity index (χ2n) is 10.2. The van der Waals surface area contributed by atoms with Gasteiger partial charge in [-0.25, -0.2) is 4.79 Å². The van der Waals surface area contributed by atoms with Gasteiger partial charge in [0.25, 0.3) is 0 Å². The standard InChI is InChI=1S/C33H48N2O8/c1-3-9-31(32(36)34-14-16-39-18-20-41-22-24-42-23-21-40-19-17-38-15-4-2)35-33(37)43-25-30-28-12-7-5-10-26(28)27-11-6-8-13-29(27)30/h5-8,10-13,30-31H,3-4,9,14-25H2,1-2H3,(H,34,36)(H,35,37)/t31-/m0/s1. The van der Waals surface area contributed by atoms with Crippen molar-refractivity contribution in [3.63, 3.8) is 0 Å². The molecule has 2 aromatic carbocycles. The van der Waals surface area contributed by atoms with Crippen LogP contribution in [-0.4, -0.2) is 97.3 Å². The van der Waals surface area contributed by atoms with Crippen molar-refractivity contribution >= 4 is 12.0 Å². The highest BCUT2D eigenvalue weighted by molar-refractivity contribution is 5.85. The predicted octanol–water partition coefficient (Wildman–Crippen LogP) is 4.30. The van der Waals surface area contributed by atoms with Crippen LogP contribution in [-0.2, 0) is 33.2 Å². The van der Waals surface area contributed by atoms with Gasteiger partial charge in [-0.2, -0.15) is 0 Å². The number of carbonyl (C=O) groups excluding carboxylic acids is 2. The predicted molar refractivity (Wildman–Crippen MR) is 164 cm³/mol. The molecular weight excluding hydrogens is 552 g/mol. The van der Waals surface area contributed by atoms with E-state index in [1.54, 1.807) is 0 Å². The van der Waals surface area contributed by atoms with E-state index in [1.165, 1.54) is 11.1 Å². The molecule has 0 saturated carbocycles. The van der Waals surface area contributed by atoms with Crippen molar-refractivity contribution < 1.29 is 38.0 Å². The van der Waals surface area contributed by atoms with Gasteiger partial charge in [0.1, 0.15) is 12.6 Å². The van der Waals surface area contributed by atoms with Crippen LogP contribution < -0.4 is 10.6 Å². The second-order valence-corrected chi connectivity index (χ2v) is 10.2. The van der Waals surface area contributed by atoms with Crippen LogP contribution in [0.25, 0.3) is 11.1 Å². The van der Waals surface area contributed by atoms with Crippen LogP contribution in [0.15, 0.2) is 48.5 Å². The zero-order valence-corrected chi connectivity index (χ0v) is 25.6. The molecule has 3 rings (SSSR count). The summed E-state index contributed by atoms with van der Waals surface area (Å²) in [5.41, 5.74) is 4.62. The average molecular weight is 601 g/mol. The van der Waals surface area contributed by atoms with Gasteiger partial charge in [0, 0.05) is 19.1 Å². The maximum atomic E-state index is 12.7. The fourth-order valence-corrected chi connectivity index (χ4v) is 4.84. The largest absolute Gasteiger partial charge is 0.449 e. The molecule has 10 nitrogen and oxygen atoms in total. The summed E-state index contributed by atoms with van der Waals surface area (Å²) in [4.78, 5) is 25.4. The number of alkyl carbamates (subject to hydrolysis) is 1. The summed E-state index contributed by atoms with van der Waals surface area (Å²) in [6, 6.07) is 15.7. The molecule has 2 N–H and O–H groups in total. The summed E-state index contributed by atoms with van der Waals surface area (Å²) in [7, 11) is 0. The second kappa shape index (κ2) is 20.8. The van der Waals surface area contributed by atoms with Gasteiger partial charge in [0.2, 0.25) is 5.91 Å². The lowest BCUT2D eigenvalue weighted by Gasteiger charge is -2.19. The van der Waals surface area contributed by atoms with Gasteiger partial charge >= 0.3 is 6.09 Å². The molecule has 1 aliphatic carbocycles. The van der Waals surface area contributed by atoms with Crippen LogP contribution >= 0.6 is 0 Å². The van der Waals surface area contributed by atoms with Crippen LogP contribution in [0.4, 0.5) is 4.79 Å². The molecule has 0 heterocycles. The number of amides is 2. The first-order chi connectivity index (χ1) is 21.2. The Kier molecular flexibility index (Phi) is 16.7. The van der Waals surface area contributed by atoms with Crippen molar-refractivity contribution in [3.8, 4) is 11.1 Å². The highest BCUT2D eigenvalue weighted by Crippen LogP contribution is 2.44. The van der Waals surface area contributed by atoms with E-state index >= 15 is 0 Å². The molecule has 238 valence electrons. The van der Waals surface area contributed by atoms with Crippen LogP contribution in [0, 0.1) is 0 Å². The van der Waals surface area contributed by atoms with Crippen LogP contribution in [0.3, 0.4) is 0 Å². The number of hydrogen-bond acceptors (Lipinski definition) is 8. The zero-order valence-electron chi connectivity index (χ0n) is 25.6. The topological polar surface area (TPSA) is 114 Å². The third kappa shape index (κ3) is 12.2. The lowest BCUT2D eigenvalue weighted by Crippen LogP contribution is -2.47. The Labute approximate surface area is 255 Å². The summed E-state index contributed by atoms with van der Waals surface area (Å²) in [6.45, 7) is 9.71. The number of fused-ring (bicyclic) bond motifs is 3. The Bertz CT molecular complexity index is 1040. The minimum atomic E-state index is -0.677. The third-order valence-corrected chi connectivity index (χ3v) is 6.91. The third-order valence-electron chi connectivity index (χ3n) is 6.91. The van der Waals surface area contributed by atoms with Gasteiger partial charge in [-0.15, -0.1) is 0 Å². The number of ether oxygens (including phenoxy) is 6. The number of rotatable bonds is 23. The summed E-state index contributed by atoms with van der Waals surface area (Å²) in [5.74, 6) is -0.296. The molecule has 0 bridgehead atoms. The van der Waals surface area contributed by atoms with E-state index in [1.807, 2.05) is 31.2 Å². The molecule has 0 saturated heterocycles. The van der Waals surface area contributed by atoms with E-state index in [2.05, 4.69) is 41.8 Å². The van der Waals surface area contributed by atoms with Gasteiger partial charge in [-0.1, -0.05) is 68.8 Å². The normalized spacial score (nSPS) is 12.9. The minimum Gasteiger partial charge on any atom is -0.449 e. The van der Waals surface area contributed by atoms with E-state index in [0.29, 0.717) is 72.4 Å². The SMILES string of the molecule is CCCOCCOCCOCCOCCOCCNC(=O)[C@H](CCC)NC(=O)OCC1c2ccccc2-c2ccccc21. The van der Waals surface area contributed by atoms with E-state index in [9.17, 15) is 9.59 Å². The molecule has 10 heteroatoms. The van der Waals surface area contributed by atoms with Crippen molar-refractivity contribution in [2.24, 2.45) is 0 Å². The number of benzene rings is 2. The molecule has 0 unspecified atom stereocenters. The van der Waals surface area contributed by atoms with Gasteiger partial charge in [0.05, 0.1) is 59.5 Å². The molecule has 0 spiro atoms. The molecule has 1 atom stereocenters. The fourth-order valence-electron chi connectivity index (χ4n) is 4.84. The fraction of sp³-hybridized carbons (Fsp3) is 0.576. The Morgan fingerprint density at radius 2 is 1.16 bits per heavy atom. The zero-order chi connectivity index (χ0) is 30.5. The Balaban J connectivity index is 1.22. The first-order valence-corrected chi connectivity index (χ1v) is 15.4. The summed E-state index contributed by atoms with van der Waals surface area (Å²) in [5, 5.41) is 5.57. The first kappa shape index (κ1) is 34.5. The van der Waals surface area contributed by atoms with Crippen molar-refractivity contribution in [3.05, 3.63) is 59.7 Å². The molecule has 2 amide bonds. The smallest absolute Gasteiger partial charge is 0.407 e. The highest BCUT2D eigenvalue weighted by Gasteiger charge is 2.29. The molecule has 0 aromatic heterocycles. The van der Waals surface area contributed by atoms with Crippen LogP contribution in [0.5, 0.6) is 0 Å².